The second-order valence-corrected chi connectivity index (χ2v) is 7.38. The molecular weight excluding hydrogens is 415 g/mol. The number of rotatable bonds is 9. The van der Waals surface area contributed by atoms with Crippen molar-refractivity contribution in [3.05, 3.63) is 69.7 Å². The molecule has 2 atom stereocenters. The molecule has 0 radical (unpaired) electrons. The number of nitrogens with one attached hydrogen (secondary N) is 2. The Hall–Kier alpha value is -2.57. The van der Waals surface area contributed by atoms with Crippen molar-refractivity contribution >= 4 is 41.0 Å². The molecule has 0 bridgehead atoms. The van der Waals surface area contributed by atoms with E-state index in [2.05, 4.69) is 10.6 Å². The molecule has 0 fully saturated rings. The molecule has 0 heterocycles. The van der Waals surface area contributed by atoms with Crippen molar-refractivity contribution in [2.75, 3.05) is 0 Å². The van der Waals surface area contributed by atoms with Gasteiger partial charge in [0.15, 0.2) is 0 Å². The largest absolute Gasteiger partial charge is 0.480 e. The number of carboxylic acids is 1. The summed E-state index contributed by atoms with van der Waals surface area (Å²) < 4.78 is 0. The quantitative estimate of drug-likeness (QED) is 0.557. The van der Waals surface area contributed by atoms with Crippen LogP contribution in [0.3, 0.4) is 0 Å². The van der Waals surface area contributed by atoms with Gasteiger partial charge in [0.1, 0.15) is 6.04 Å². The first-order valence-corrected chi connectivity index (χ1v) is 9.83. The zero-order valence-corrected chi connectivity index (χ0v) is 17.3. The van der Waals surface area contributed by atoms with Crippen LogP contribution >= 0.6 is 23.2 Å². The Morgan fingerprint density at radius 1 is 0.897 bits per heavy atom. The second-order valence-electron chi connectivity index (χ2n) is 6.56. The van der Waals surface area contributed by atoms with Crippen LogP contribution in [0, 0.1) is 0 Å². The van der Waals surface area contributed by atoms with E-state index in [9.17, 15) is 19.5 Å². The minimum atomic E-state index is -1.21. The molecule has 0 aliphatic carbocycles. The van der Waals surface area contributed by atoms with Crippen LogP contribution in [0.15, 0.2) is 48.5 Å². The molecule has 2 aromatic rings. The van der Waals surface area contributed by atoms with Crippen LogP contribution in [0.1, 0.15) is 36.9 Å². The standard InChI is InChI=1S/C21H22Cl2N2O4/c1-13(14-6-3-2-4-7-14)24-19(26)10-11-20(27)25-18(21(28)29)12-15-16(22)8-5-9-17(15)23/h2-9,13,18H,10-12H2,1H3,(H,24,26)(H,25,27)(H,28,29)/t13-,18+/m1/s1. The summed E-state index contributed by atoms with van der Waals surface area (Å²) >= 11 is 12.1. The summed E-state index contributed by atoms with van der Waals surface area (Å²) in [5.74, 6) is -2.04. The Kier molecular flexibility index (Phi) is 8.49. The molecule has 0 aliphatic heterocycles. The van der Waals surface area contributed by atoms with E-state index >= 15 is 0 Å². The lowest BCUT2D eigenvalue weighted by atomic mass is 10.1. The van der Waals surface area contributed by atoms with Crippen LogP contribution in [-0.4, -0.2) is 28.9 Å². The van der Waals surface area contributed by atoms with E-state index in [1.54, 1.807) is 18.2 Å². The van der Waals surface area contributed by atoms with Crippen LogP contribution in [-0.2, 0) is 20.8 Å². The van der Waals surface area contributed by atoms with Crippen molar-refractivity contribution in [3.8, 4) is 0 Å². The lowest BCUT2D eigenvalue weighted by Crippen LogP contribution is -2.42. The summed E-state index contributed by atoms with van der Waals surface area (Å²) in [5.41, 5.74) is 1.39. The minimum absolute atomic E-state index is 0.0534. The molecule has 3 N–H and O–H groups in total. The maximum absolute atomic E-state index is 12.2. The Balaban J connectivity index is 1.87. The van der Waals surface area contributed by atoms with E-state index in [-0.39, 0.29) is 31.2 Å². The fraction of sp³-hybridized carbons (Fsp3) is 0.286. The number of benzene rings is 2. The molecule has 6 nitrogen and oxygen atoms in total. The van der Waals surface area contributed by atoms with Crippen molar-refractivity contribution in [1.82, 2.24) is 10.6 Å². The van der Waals surface area contributed by atoms with E-state index < -0.39 is 17.9 Å². The van der Waals surface area contributed by atoms with Crippen LogP contribution in [0.5, 0.6) is 0 Å². The normalized spacial score (nSPS) is 12.7. The van der Waals surface area contributed by atoms with Crippen molar-refractivity contribution in [2.45, 2.75) is 38.3 Å². The van der Waals surface area contributed by atoms with Crippen molar-refractivity contribution in [2.24, 2.45) is 0 Å². The molecule has 154 valence electrons. The molecule has 0 saturated carbocycles. The molecule has 0 unspecified atom stereocenters. The molecule has 2 rings (SSSR count). The summed E-state index contributed by atoms with van der Waals surface area (Å²) in [6.45, 7) is 1.85. The minimum Gasteiger partial charge on any atom is -0.480 e. The van der Waals surface area contributed by atoms with Crippen LogP contribution in [0.2, 0.25) is 10.0 Å². The number of carbonyl (C=O) groups is 3. The molecule has 8 heteroatoms. The van der Waals surface area contributed by atoms with E-state index in [1.807, 2.05) is 37.3 Å². The molecule has 2 aromatic carbocycles. The Morgan fingerprint density at radius 2 is 1.45 bits per heavy atom. The Bertz CT molecular complexity index is 854. The molecule has 0 aliphatic rings. The molecular formula is C21H22Cl2N2O4. The predicted octanol–water partition coefficient (Wildman–Crippen LogP) is 3.76. The fourth-order valence-corrected chi connectivity index (χ4v) is 3.32. The third-order valence-electron chi connectivity index (χ3n) is 4.36. The van der Waals surface area contributed by atoms with Gasteiger partial charge in [-0.1, -0.05) is 59.6 Å². The Labute approximate surface area is 179 Å². The van der Waals surface area contributed by atoms with Crippen molar-refractivity contribution in [1.29, 1.82) is 0 Å². The number of halogens is 2. The van der Waals surface area contributed by atoms with Crippen LogP contribution < -0.4 is 10.6 Å². The van der Waals surface area contributed by atoms with E-state index in [0.29, 0.717) is 15.6 Å². The fourth-order valence-electron chi connectivity index (χ4n) is 2.76. The third kappa shape index (κ3) is 7.07. The smallest absolute Gasteiger partial charge is 0.326 e. The molecule has 0 saturated heterocycles. The van der Waals surface area contributed by atoms with Gasteiger partial charge in [0.05, 0.1) is 6.04 Å². The van der Waals surface area contributed by atoms with Gasteiger partial charge in [-0.2, -0.15) is 0 Å². The van der Waals surface area contributed by atoms with Gasteiger partial charge in [-0.3, -0.25) is 9.59 Å². The first-order chi connectivity index (χ1) is 13.8. The predicted molar refractivity (Wildman–Crippen MR) is 112 cm³/mol. The van der Waals surface area contributed by atoms with Gasteiger partial charge in [0.25, 0.3) is 0 Å². The topological polar surface area (TPSA) is 95.5 Å². The van der Waals surface area contributed by atoms with Gasteiger partial charge in [-0.25, -0.2) is 4.79 Å². The zero-order valence-electron chi connectivity index (χ0n) is 15.8. The lowest BCUT2D eigenvalue weighted by Gasteiger charge is -2.17. The number of aliphatic carboxylic acids is 1. The lowest BCUT2D eigenvalue weighted by molar-refractivity contribution is -0.141. The third-order valence-corrected chi connectivity index (χ3v) is 5.07. The van der Waals surface area contributed by atoms with Gasteiger partial charge in [0, 0.05) is 29.3 Å². The van der Waals surface area contributed by atoms with E-state index in [1.165, 1.54) is 0 Å². The number of amides is 2. The van der Waals surface area contributed by atoms with Crippen LogP contribution in [0.25, 0.3) is 0 Å². The number of hydrogen-bond donors (Lipinski definition) is 3. The maximum atomic E-state index is 12.2. The van der Waals surface area contributed by atoms with Gasteiger partial charge >= 0.3 is 5.97 Å². The highest BCUT2D eigenvalue weighted by Gasteiger charge is 2.23. The molecule has 29 heavy (non-hydrogen) atoms. The van der Waals surface area contributed by atoms with Crippen molar-refractivity contribution < 1.29 is 19.5 Å². The molecule has 2 amide bonds. The Morgan fingerprint density at radius 3 is 2.00 bits per heavy atom. The highest BCUT2D eigenvalue weighted by atomic mass is 35.5. The maximum Gasteiger partial charge on any atom is 0.326 e. The summed E-state index contributed by atoms with van der Waals surface area (Å²) in [6, 6.07) is 12.9. The number of hydrogen-bond acceptors (Lipinski definition) is 3. The van der Waals surface area contributed by atoms with Crippen molar-refractivity contribution in [3.63, 3.8) is 0 Å². The summed E-state index contributed by atoms with van der Waals surface area (Å²) in [6.07, 6.45) is -0.244. The zero-order chi connectivity index (χ0) is 21.4. The summed E-state index contributed by atoms with van der Waals surface area (Å²) in [7, 11) is 0. The highest BCUT2D eigenvalue weighted by Crippen LogP contribution is 2.25. The van der Waals surface area contributed by atoms with E-state index in [0.717, 1.165) is 5.56 Å². The monoisotopic (exact) mass is 436 g/mol. The molecule has 0 aromatic heterocycles. The average molecular weight is 437 g/mol. The van der Waals surface area contributed by atoms with E-state index in [4.69, 9.17) is 23.2 Å². The SMILES string of the molecule is C[C@@H](NC(=O)CCC(=O)N[C@@H](Cc1c(Cl)cccc1Cl)C(=O)O)c1ccccc1. The first-order valence-electron chi connectivity index (χ1n) is 9.07. The number of carboxylic acid groups (broad SMARTS) is 1. The molecule has 0 spiro atoms. The van der Waals surface area contributed by atoms with Gasteiger partial charge in [-0.15, -0.1) is 0 Å². The second kappa shape index (κ2) is 10.8. The van der Waals surface area contributed by atoms with Crippen LogP contribution in [0.4, 0.5) is 0 Å². The van der Waals surface area contributed by atoms with Gasteiger partial charge < -0.3 is 15.7 Å². The summed E-state index contributed by atoms with van der Waals surface area (Å²) in [4.78, 5) is 35.8. The number of carbonyl (C=O) groups excluding carboxylic acids is 2. The average Bonchev–Trinajstić information content (AvgIpc) is 2.69. The van der Waals surface area contributed by atoms with Gasteiger partial charge in [0.2, 0.25) is 11.8 Å². The summed E-state index contributed by atoms with van der Waals surface area (Å²) in [5, 5.41) is 15.3. The highest BCUT2D eigenvalue weighted by molar-refractivity contribution is 6.36. The van der Waals surface area contributed by atoms with Gasteiger partial charge in [-0.05, 0) is 30.2 Å². The first kappa shape index (κ1) is 22.7.